The van der Waals surface area contributed by atoms with E-state index in [0.29, 0.717) is 13.0 Å². The van der Waals surface area contributed by atoms with Gasteiger partial charge in [-0.25, -0.2) is 0 Å². The summed E-state index contributed by atoms with van der Waals surface area (Å²) in [6.45, 7) is 6.89. The van der Waals surface area contributed by atoms with Gasteiger partial charge in [0.2, 0.25) is 0 Å². The molecular formula is C27H55NO2. The fourth-order valence-corrected chi connectivity index (χ4v) is 4.07. The number of hydrogen-bond acceptors (Lipinski definition) is 2. The first-order valence-electron chi connectivity index (χ1n) is 13.5. The van der Waals surface area contributed by atoms with Crippen LogP contribution in [0.25, 0.3) is 0 Å². The minimum atomic E-state index is -1.21. The third-order valence-corrected chi connectivity index (χ3v) is 6.32. The highest BCUT2D eigenvalue weighted by Crippen LogP contribution is 2.17. The van der Waals surface area contributed by atoms with Crippen LogP contribution in [0.15, 0.2) is 0 Å². The maximum Gasteiger partial charge on any atom is 0.251 e. The van der Waals surface area contributed by atoms with Gasteiger partial charge in [-0.1, -0.05) is 136 Å². The number of aliphatic hydroxyl groups is 1. The Morgan fingerprint density at radius 1 is 0.600 bits per heavy atom. The van der Waals surface area contributed by atoms with Gasteiger partial charge in [-0.05, 0) is 19.8 Å². The van der Waals surface area contributed by atoms with Gasteiger partial charge in [0.25, 0.3) is 5.91 Å². The van der Waals surface area contributed by atoms with E-state index in [1.54, 1.807) is 6.92 Å². The van der Waals surface area contributed by atoms with Gasteiger partial charge in [0.15, 0.2) is 0 Å². The lowest BCUT2D eigenvalue weighted by molar-refractivity contribution is -0.138. The summed E-state index contributed by atoms with van der Waals surface area (Å²) in [6.07, 6.45) is 26.3. The molecule has 0 aliphatic heterocycles. The van der Waals surface area contributed by atoms with Crippen molar-refractivity contribution in [1.82, 2.24) is 5.32 Å². The van der Waals surface area contributed by atoms with Crippen molar-refractivity contribution >= 4 is 5.91 Å². The minimum Gasteiger partial charge on any atom is -0.380 e. The zero-order chi connectivity index (χ0) is 22.3. The van der Waals surface area contributed by atoms with E-state index in [0.717, 1.165) is 19.3 Å². The number of amides is 1. The van der Waals surface area contributed by atoms with E-state index in [2.05, 4.69) is 19.2 Å². The van der Waals surface area contributed by atoms with E-state index in [-0.39, 0.29) is 5.91 Å². The molecule has 1 amide bonds. The second-order valence-electron chi connectivity index (χ2n) is 9.64. The molecule has 30 heavy (non-hydrogen) atoms. The van der Waals surface area contributed by atoms with Crippen LogP contribution in [0.3, 0.4) is 0 Å². The van der Waals surface area contributed by atoms with Crippen LogP contribution in [0.1, 0.15) is 156 Å². The molecule has 3 heteroatoms. The summed E-state index contributed by atoms with van der Waals surface area (Å²) in [5.74, 6) is -0.186. The van der Waals surface area contributed by atoms with Gasteiger partial charge in [-0.15, -0.1) is 0 Å². The summed E-state index contributed by atoms with van der Waals surface area (Å²) in [5.41, 5.74) is -1.21. The summed E-state index contributed by atoms with van der Waals surface area (Å²) < 4.78 is 0. The molecule has 0 aliphatic rings. The van der Waals surface area contributed by atoms with Gasteiger partial charge in [-0.2, -0.15) is 0 Å². The highest BCUT2D eigenvalue weighted by Gasteiger charge is 2.28. The third kappa shape index (κ3) is 19.4. The lowest BCUT2D eigenvalue weighted by Crippen LogP contribution is -2.44. The van der Waals surface area contributed by atoms with Crippen molar-refractivity contribution in [2.75, 3.05) is 6.54 Å². The van der Waals surface area contributed by atoms with Crippen molar-refractivity contribution in [1.29, 1.82) is 0 Å². The molecule has 0 rings (SSSR count). The Labute approximate surface area is 189 Å². The van der Waals surface area contributed by atoms with Gasteiger partial charge in [0.1, 0.15) is 5.60 Å². The molecule has 0 aromatic rings. The molecule has 2 N–H and O–H groups in total. The Bertz CT molecular complexity index is 368. The molecule has 0 saturated heterocycles. The van der Waals surface area contributed by atoms with Crippen molar-refractivity contribution in [2.45, 2.75) is 161 Å². The monoisotopic (exact) mass is 425 g/mol. The molecule has 0 bridgehead atoms. The lowest BCUT2D eigenvalue weighted by atomic mass is 9.96. The van der Waals surface area contributed by atoms with Crippen molar-refractivity contribution < 1.29 is 9.90 Å². The van der Waals surface area contributed by atoms with Crippen LogP contribution in [-0.2, 0) is 4.79 Å². The van der Waals surface area contributed by atoms with Gasteiger partial charge < -0.3 is 10.4 Å². The van der Waals surface area contributed by atoms with Gasteiger partial charge in [0, 0.05) is 6.54 Å². The standard InChI is InChI=1S/C27H55NO2/c1-4-6-8-10-12-14-16-18-20-22-24-27(3,30)26(29)28-25-23-21-19-17-15-13-11-9-7-5-2/h30H,4-25H2,1-3H3,(H,28,29). The molecule has 1 atom stereocenters. The first-order valence-corrected chi connectivity index (χ1v) is 13.5. The van der Waals surface area contributed by atoms with E-state index in [1.165, 1.54) is 109 Å². The predicted molar refractivity (Wildman–Crippen MR) is 132 cm³/mol. The quantitative estimate of drug-likeness (QED) is 0.162. The molecule has 180 valence electrons. The van der Waals surface area contributed by atoms with Crippen molar-refractivity contribution in [3.05, 3.63) is 0 Å². The topological polar surface area (TPSA) is 49.3 Å². The largest absolute Gasteiger partial charge is 0.380 e. The number of rotatable bonds is 23. The molecule has 0 saturated carbocycles. The van der Waals surface area contributed by atoms with Crippen molar-refractivity contribution in [3.8, 4) is 0 Å². The Morgan fingerprint density at radius 2 is 0.933 bits per heavy atom. The maximum atomic E-state index is 12.3. The van der Waals surface area contributed by atoms with Crippen LogP contribution in [0.5, 0.6) is 0 Å². The summed E-state index contributed by atoms with van der Waals surface area (Å²) in [5, 5.41) is 13.4. The first-order chi connectivity index (χ1) is 14.5. The molecule has 0 aromatic carbocycles. The molecule has 0 fully saturated rings. The summed E-state index contributed by atoms with van der Waals surface area (Å²) >= 11 is 0. The highest BCUT2D eigenvalue weighted by atomic mass is 16.3. The average Bonchev–Trinajstić information content (AvgIpc) is 2.73. The van der Waals surface area contributed by atoms with E-state index < -0.39 is 5.60 Å². The van der Waals surface area contributed by atoms with E-state index >= 15 is 0 Å². The zero-order valence-electron chi connectivity index (χ0n) is 20.9. The normalized spacial score (nSPS) is 13.3. The number of nitrogens with one attached hydrogen (secondary N) is 1. The summed E-state index contributed by atoms with van der Waals surface area (Å²) in [4.78, 5) is 12.3. The van der Waals surface area contributed by atoms with Crippen LogP contribution in [-0.4, -0.2) is 23.2 Å². The van der Waals surface area contributed by atoms with Crippen LogP contribution in [0.4, 0.5) is 0 Å². The second kappa shape index (κ2) is 21.7. The number of carbonyl (C=O) groups excluding carboxylic acids is 1. The molecule has 1 unspecified atom stereocenters. The Morgan fingerprint density at radius 3 is 1.33 bits per heavy atom. The van der Waals surface area contributed by atoms with Crippen molar-refractivity contribution in [2.24, 2.45) is 0 Å². The number of carbonyl (C=O) groups is 1. The predicted octanol–water partition coefficient (Wildman–Crippen LogP) is 8.09. The Kier molecular flexibility index (Phi) is 21.2. The molecular weight excluding hydrogens is 370 g/mol. The molecule has 0 radical (unpaired) electrons. The molecule has 0 aliphatic carbocycles. The lowest BCUT2D eigenvalue weighted by Gasteiger charge is -2.22. The SMILES string of the molecule is CCCCCCCCCCCCNC(=O)C(C)(O)CCCCCCCCCCCC. The molecule has 0 spiro atoms. The highest BCUT2D eigenvalue weighted by molar-refractivity contribution is 5.84. The van der Waals surface area contributed by atoms with Crippen LogP contribution >= 0.6 is 0 Å². The summed E-state index contributed by atoms with van der Waals surface area (Å²) in [6, 6.07) is 0. The Hall–Kier alpha value is -0.570. The minimum absolute atomic E-state index is 0.186. The second-order valence-corrected chi connectivity index (χ2v) is 9.64. The molecule has 0 aromatic heterocycles. The fraction of sp³-hybridized carbons (Fsp3) is 0.963. The van der Waals surface area contributed by atoms with Crippen LogP contribution < -0.4 is 5.32 Å². The maximum absolute atomic E-state index is 12.3. The summed E-state index contributed by atoms with van der Waals surface area (Å²) in [7, 11) is 0. The van der Waals surface area contributed by atoms with E-state index in [9.17, 15) is 9.90 Å². The number of unbranched alkanes of at least 4 members (excludes halogenated alkanes) is 18. The smallest absolute Gasteiger partial charge is 0.251 e. The van der Waals surface area contributed by atoms with Gasteiger partial charge >= 0.3 is 0 Å². The average molecular weight is 426 g/mol. The van der Waals surface area contributed by atoms with Crippen LogP contribution in [0, 0.1) is 0 Å². The molecule has 3 nitrogen and oxygen atoms in total. The number of hydrogen-bond donors (Lipinski definition) is 2. The van der Waals surface area contributed by atoms with Gasteiger partial charge in [0.05, 0.1) is 0 Å². The Balaban J connectivity index is 3.49. The third-order valence-electron chi connectivity index (χ3n) is 6.32. The van der Waals surface area contributed by atoms with E-state index in [4.69, 9.17) is 0 Å². The van der Waals surface area contributed by atoms with Crippen LogP contribution in [0.2, 0.25) is 0 Å². The van der Waals surface area contributed by atoms with Crippen molar-refractivity contribution in [3.63, 3.8) is 0 Å². The van der Waals surface area contributed by atoms with Gasteiger partial charge in [-0.3, -0.25) is 4.79 Å². The fourth-order valence-electron chi connectivity index (χ4n) is 4.07. The zero-order valence-corrected chi connectivity index (χ0v) is 20.9. The molecule has 0 heterocycles. The first kappa shape index (κ1) is 29.4. The van der Waals surface area contributed by atoms with E-state index in [1.807, 2.05) is 0 Å².